The molecule has 0 aromatic heterocycles. The summed E-state index contributed by atoms with van der Waals surface area (Å²) >= 11 is 1.61. The number of thioether (sulfide) groups is 1. The number of methoxy groups -OCH3 is 2. The molecule has 7 rings (SSSR count). The van der Waals surface area contributed by atoms with Crippen molar-refractivity contribution in [2.24, 2.45) is 0 Å². The molecule has 308 valence electrons. The predicted molar refractivity (Wildman–Crippen MR) is 213 cm³/mol. The second kappa shape index (κ2) is 16.8. The van der Waals surface area contributed by atoms with Crippen molar-refractivity contribution in [3.05, 3.63) is 62.7 Å². The van der Waals surface area contributed by atoms with Gasteiger partial charge in [-0.25, -0.2) is 4.79 Å². The van der Waals surface area contributed by atoms with Crippen molar-refractivity contribution in [1.82, 2.24) is 15.5 Å². The lowest BCUT2D eigenvalue weighted by molar-refractivity contribution is -0.149. The van der Waals surface area contributed by atoms with Gasteiger partial charge in [0.05, 0.1) is 38.2 Å². The summed E-state index contributed by atoms with van der Waals surface area (Å²) < 4.78 is 42.0. The molecule has 14 nitrogen and oxygen atoms in total. The third-order valence-electron chi connectivity index (χ3n) is 11.6. The quantitative estimate of drug-likeness (QED) is 0.153. The normalized spacial score (nSPS) is 22.8. The molecule has 3 aromatic rings. The Bertz CT molecular complexity index is 2040. The van der Waals surface area contributed by atoms with Crippen LogP contribution >= 0.6 is 11.8 Å². The van der Waals surface area contributed by atoms with E-state index in [0.717, 1.165) is 45.4 Å². The molecule has 15 heteroatoms. The average Bonchev–Trinajstić information content (AvgIpc) is 3.69. The molecule has 0 saturated carbocycles. The van der Waals surface area contributed by atoms with E-state index in [-0.39, 0.29) is 37.0 Å². The first kappa shape index (κ1) is 40.8. The number of phenolic OH excluding ortho intramolecular Hbond substituents is 1. The summed E-state index contributed by atoms with van der Waals surface area (Å²) in [6.45, 7) is 7.85. The van der Waals surface area contributed by atoms with Gasteiger partial charge in [0, 0.05) is 41.8 Å². The molecule has 4 unspecified atom stereocenters. The van der Waals surface area contributed by atoms with Crippen LogP contribution in [0.1, 0.15) is 88.2 Å². The van der Waals surface area contributed by atoms with Crippen LogP contribution in [0.5, 0.6) is 40.2 Å². The second-order valence-corrected chi connectivity index (χ2v) is 15.9. The van der Waals surface area contributed by atoms with E-state index in [2.05, 4.69) is 21.6 Å². The fourth-order valence-electron chi connectivity index (χ4n) is 9.16. The molecule has 4 N–H and O–H groups in total. The molecule has 4 heterocycles. The van der Waals surface area contributed by atoms with Gasteiger partial charge >= 0.3 is 11.9 Å². The van der Waals surface area contributed by atoms with E-state index in [4.69, 9.17) is 33.2 Å². The number of benzene rings is 3. The number of carbonyl (C=O) groups excluding carboxylic acids is 2. The van der Waals surface area contributed by atoms with Gasteiger partial charge in [-0.05, 0) is 94.3 Å². The summed E-state index contributed by atoms with van der Waals surface area (Å²) in [6.07, 6.45) is 3.66. The van der Waals surface area contributed by atoms with Gasteiger partial charge in [-0.15, -0.1) is 0 Å². The minimum atomic E-state index is -0.790. The van der Waals surface area contributed by atoms with Crippen LogP contribution in [0.25, 0.3) is 0 Å². The number of nitrogens with zero attached hydrogens (tertiary/aromatic N) is 1. The standard InChI is InChI=1S/C42H53N3O11S/c1-20-14-25-10-9-13-45-27(18-52-42(49)33-26-16-28(50-6)29(55-21(2)17-46)15-24(26)11-12-44-33)31-32(38(56-23(4)47)22(3)39-40(31)54-19-53-39)41(57-8)35(45)34(43-5)30(25)36(48)37(20)51-7/h14-16,21,27,33-35,41,43-44,46,48H,9-13,17-19H2,1-8H3/t21?,27-,33?,34+,35?,41?/m0/s1. The number of phenols is 1. The third kappa shape index (κ3) is 7.22. The van der Waals surface area contributed by atoms with Crippen LogP contribution in [0, 0.1) is 13.8 Å². The maximum Gasteiger partial charge on any atom is 0.327 e. The van der Waals surface area contributed by atoms with Crippen molar-refractivity contribution in [3.8, 4) is 40.2 Å². The van der Waals surface area contributed by atoms with Gasteiger partial charge in [-0.2, -0.15) is 11.8 Å². The Kier molecular flexibility index (Phi) is 12.0. The van der Waals surface area contributed by atoms with Crippen molar-refractivity contribution in [3.63, 3.8) is 0 Å². The summed E-state index contributed by atoms with van der Waals surface area (Å²) in [4.78, 5) is 29.5. The van der Waals surface area contributed by atoms with Gasteiger partial charge in [0.15, 0.2) is 34.5 Å². The highest BCUT2D eigenvalue weighted by atomic mass is 32.2. The van der Waals surface area contributed by atoms with Crippen LogP contribution in [-0.2, 0) is 27.2 Å². The van der Waals surface area contributed by atoms with E-state index in [1.165, 1.54) is 14.0 Å². The fourth-order valence-corrected chi connectivity index (χ4v) is 10.2. The topological polar surface area (TPSA) is 167 Å². The number of esters is 2. The van der Waals surface area contributed by atoms with Crippen LogP contribution in [0.4, 0.5) is 0 Å². The van der Waals surface area contributed by atoms with E-state index in [1.54, 1.807) is 31.9 Å². The molecule has 0 bridgehead atoms. The summed E-state index contributed by atoms with van der Waals surface area (Å²) in [7, 11) is 4.97. The van der Waals surface area contributed by atoms with Gasteiger partial charge in [-0.1, -0.05) is 6.07 Å². The zero-order chi connectivity index (χ0) is 40.7. The van der Waals surface area contributed by atoms with E-state index in [1.807, 2.05) is 33.2 Å². The lowest BCUT2D eigenvalue weighted by Crippen LogP contribution is -2.54. The number of nitrogens with one attached hydrogen (secondary N) is 2. The van der Waals surface area contributed by atoms with Crippen LogP contribution in [0.2, 0.25) is 0 Å². The monoisotopic (exact) mass is 807 g/mol. The highest BCUT2D eigenvalue weighted by Crippen LogP contribution is 2.60. The summed E-state index contributed by atoms with van der Waals surface area (Å²) in [5.74, 6) is 1.91. The smallest absolute Gasteiger partial charge is 0.327 e. The summed E-state index contributed by atoms with van der Waals surface area (Å²) in [5, 5.41) is 28.1. The Labute approximate surface area is 337 Å². The van der Waals surface area contributed by atoms with Gasteiger partial charge < -0.3 is 54.0 Å². The zero-order valence-corrected chi connectivity index (χ0v) is 34.6. The number of aryl methyl sites for hydroxylation is 2. The molecule has 0 fully saturated rings. The van der Waals surface area contributed by atoms with Crippen LogP contribution < -0.4 is 39.1 Å². The molecule has 0 aliphatic carbocycles. The molecular weight excluding hydrogens is 755 g/mol. The highest BCUT2D eigenvalue weighted by molar-refractivity contribution is 7.98. The average molecular weight is 808 g/mol. The number of rotatable bonds is 11. The third-order valence-corrected chi connectivity index (χ3v) is 12.6. The highest BCUT2D eigenvalue weighted by Gasteiger charge is 2.51. The van der Waals surface area contributed by atoms with E-state index < -0.39 is 36.2 Å². The molecule has 4 aliphatic heterocycles. The number of carbonyl (C=O) groups is 2. The first-order valence-corrected chi connectivity index (χ1v) is 20.6. The number of aliphatic hydroxyl groups is 1. The number of ether oxygens (including phenoxy) is 7. The van der Waals surface area contributed by atoms with Crippen molar-refractivity contribution in [1.29, 1.82) is 0 Å². The van der Waals surface area contributed by atoms with Crippen LogP contribution in [-0.4, -0.2) is 99.8 Å². The molecule has 6 atom stereocenters. The lowest BCUT2D eigenvalue weighted by atomic mass is 9.78. The Balaban J connectivity index is 1.35. The van der Waals surface area contributed by atoms with E-state index >= 15 is 0 Å². The van der Waals surface area contributed by atoms with Crippen molar-refractivity contribution in [2.75, 3.05) is 60.6 Å². The number of likely N-dealkylation sites (N-methyl/N-ethyl adjacent to an activating group) is 1. The molecule has 0 saturated heterocycles. The molecule has 0 spiro atoms. The largest absolute Gasteiger partial charge is 0.504 e. The van der Waals surface area contributed by atoms with Crippen LogP contribution in [0.3, 0.4) is 0 Å². The van der Waals surface area contributed by atoms with Gasteiger partial charge in [0.1, 0.15) is 24.5 Å². The Morgan fingerprint density at radius 1 is 1.04 bits per heavy atom. The Morgan fingerprint density at radius 3 is 2.49 bits per heavy atom. The number of hydrogen-bond donors (Lipinski definition) is 4. The van der Waals surface area contributed by atoms with Gasteiger partial charge in [-0.3, -0.25) is 9.69 Å². The zero-order valence-electron chi connectivity index (χ0n) is 33.8. The molecule has 4 aliphatic rings. The first-order valence-electron chi connectivity index (χ1n) is 19.3. The predicted octanol–water partition coefficient (Wildman–Crippen LogP) is 4.91. The SMILES string of the molecule is CN[C@@H]1c2c(cc(C)c(OC)c2O)CCCN2C1C(SC)c1c(OC(C)=O)c(C)c3c(c1[C@@H]2COC(=O)C1NCCc2cc(OC(C)CO)c(OC)cc21)OCO3. The van der Waals surface area contributed by atoms with E-state index in [9.17, 15) is 19.8 Å². The van der Waals surface area contributed by atoms with E-state index in [0.29, 0.717) is 66.0 Å². The van der Waals surface area contributed by atoms with Gasteiger partial charge in [0.2, 0.25) is 6.79 Å². The lowest BCUT2D eigenvalue weighted by Gasteiger charge is -2.51. The molecule has 3 aromatic carbocycles. The van der Waals surface area contributed by atoms with Crippen LogP contribution in [0.15, 0.2) is 18.2 Å². The number of fused-ring (bicyclic) bond motifs is 6. The fraction of sp³-hybridized carbons (Fsp3) is 0.524. The molecular formula is C42H53N3O11S. The maximum atomic E-state index is 14.4. The molecule has 0 amide bonds. The van der Waals surface area contributed by atoms with Crippen molar-refractivity contribution >= 4 is 23.7 Å². The first-order chi connectivity index (χ1) is 27.5. The second-order valence-electron chi connectivity index (χ2n) is 14.9. The number of aliphatic hydroxyl groups excluding tert-OH is 1. The number of hydrogen-bond acceptors (Lipinski definition) is 15. The van der Waals surface area contributed by atoms with Gasteiger partial charge in [0.25, 0.3) is 0 Å². The Morgan fingerprint density at radius 2 is 1.81 bits per heavy atom. The van der Waals surface area contributed by atoms with Crippen molar-refractivity contribution < 1.29 is 53.0 Å². The van der Waals surface area contributed by atoms with Crippen molar-refractivity contribution in [2.45, 2.75) is 82.5 Å². The summed E-state index contributed by atoms with van der Waals surface area (Å²) in [6, 6.07) is 3.63. The number of aromatic hydroxyl groups is 1. The minimum absolute atomic E-state index is 0.0149. The maximum absolute atomic E-state index is 14.4. The molecule has 0 radical (unpaired) electrons. The Hall–Kier alpha value is -4.41. The summed E-state index contributed by atoms with van der Waals surface area (Å²) in [5.41, 5.74) is 6.40. The minimum Gasteiger partial charge on any atom is -0.504 e. The molecule has 57 heavy (non-hydrogen) atoms.